The number of aromatic amines is 1. The van der Waals surface area contributed by atoms with E-state index in [1.54, 1.807) is 30.0 Å². The van der Waals surface area contributed by atoms with Gasteiger partial charge in [0.05, 0.1) is 23.2 Å². The molecule has 0 bridgehead atoms. The number of hydrogen-bond donors (Lipinski definition) is 1. The van der Waals surface area contributed by atoms with Gasteiger partial charge >= 0.3 is 6.18 Å². The summed E-state index contributed by atoms with van der Waals surface area (Å²) in [5.41, 5.74) is 3.22. The monoisotopic (exact) mass is 572 g/mol. The number of aromatic nitrogens is 5. The summed E-state index contributed by atoms with van der Waals surface area (Å²) in [6, 6.07) is 20.6. The maximum Gasteiger partial charge on any atom is 0.451 e. The molecule has 6 rings (SSSR count). The molecule has 0 saturated heterocycles. The van der Waals surface area contributed by atoms with Gasteiger partial charge in [-0.1, -0.05) is 60.7 Å². The van der Waals surface area contributed by atoms with Crippen molar-refractivity contribution in [2.75, 3.05) is 6.54 Å². The minimum absolute atomic E-state index is 0.0558. The summed E-state index contributed by atoms with van der Waals surface area (Å²) in [5, 5.41) is 15.5. The molecule has 1 N–H and O–H groups in total. The van der Waals surface area contributed by atoms with Crippen molar-refractivity contribution < 1.29 is 18.0 Å². The molecule has 5 aromatic rings. The van der Waals surface area contributed by atoms with Crippen molar-refractivity contribution in [1.29, 1.82) is 0 Å². The van der Waals surface area contributed by atoms with Gasteiger partial charge < -0.3 is 9.47 Å². The zero-order valence-corrected chi connectivity index (χ0v) is 22.9. The van der Waals surface area contributed by atoms with Crippen molar-refractivity contribution in [3.8, 4) is 0 Å². The molecular formula is C31H27F3N6O2. The molecule has 2 atom stereocenters. The summed E-state index contributed by atoms with van der Waals surface area (Å²) < 4.78 is 42.6. The summed E-state index contributed by atoms with van der Waals surface area (Å²) >= 11 is 0. The fourth-order valence-electron chi connectivity index (χ4n) is 5.72. The third kappa shape index (κ3) is 4.95. The van der Waals surface area contributed by atoms with Crippen molar-refractivity contribution in [3.63, 3.8) is 0 Å². The Labute approximate surface area is 238 Å². The smallest absolute Gasteiger partial charge is 0.326 e. The van der Waals surface area contributed by atoms with Crippen LogP contribution in [0.15, 0.2) is 77.6 Å². The number of carbonyl (C=O) groups excluding carboxylic acids is 1. The molecule has 2 aromatic heterocycles. The second-order valence-corrected chi connectivity index (χ2v) is 10.6. The van der Waals surface area contributed by atoms with Gasteiger partial charge in [-0.2, -0.15) is 18.3 Å². The third-order valence-electron chi connectivity index (χ3n) is 7.76. The van der Waals surface area contributed by atoms with Gasteiger partial charge in [0.2, 0.25) is 5.82 Å². The third-order valence-corrected chi connectivity index (χ3v) is 7.76. The van der Waals surface area contributed by atoms with E-state index in [-0.39, 0.29) is 30.3 Å². The molecule has 8 nitrogen and oxygen atoms in total. The molecular weight excluding hydrogens is 545 g/mol. The molecule has 1 aliphatic heterocycles. The van der Waals surface area contributed by atoms with Gasteiger partial charge in [0, 0.05) is 30.3 Å². The molecule has 0 radical (unpaired) electrons. The maximum absolute atomic E-state index is 14.2. The van der Waals surface area contributed by atoms with Crippen LogP contribution in [0.25, 0.3) is 10.8 Å². The van der Waals surface area contributed by atoms with Gasteiger partial charge in [-0.15, -0.1) is 10.2 Å². The van der Waals surface area contributed by atoms with Crippen LogP contribution >= 0.6 is 0 Å². The number of rotatable bonds is 5. The first-order valence-electron chi connectivity index (χ1n) is 13.5. The fraction of sp³-hybridized carbons (Fsp3) is 0.258. The lowest BCUT2D eigenvalue weighted by Gasteiger charge is -2.39. The van der Waals surface area contributed by atoms with E-state index in [1.165, 1.54) is 0 Å². The van der Waals surface area contributed by atoms with E-state index < -0.39 is 24.1 Å². The predicted molar refractivity (Wildman–Crippen MR) is 150 cm³/mol. The van der Waals surface area contributed by atoms with E-state index in [1.807, 2.05) is 61.5 Å². The molecule has 0 aliphatic carbocycles. The number of nitrogens with zero attached hydrogens (tertiary/aromatic N) is 5. The summed E-state index contributed by atoms with van der Waals surface area (Å²) in [6.45, 7) is 3.52. The van der Waals surface area contributed by atoms with E-state index in [4.69, 9.17) is 0 Å². The Hall–Kier alpha value is -4.80. The lowest BCUT2D eigenvalue weighted by Crippen LogP contribution is -2.45. The van der Waals surface area contributed by atoms with Gasteiger partial charge in [-0.05, 0) is 42.7 Å². The van der Waals surface area contributed by atoms with Crippen LogP contribution in [0.2, 0.25) is 0 Å². The molecule has 2 unspecified atom stereocenters. The minimum Gasteiger partial charge on any atom is -0.326 e. The first-order valence-corrected chi connectivity index (χ1v) is 13.5. The lowest BCUT2D eigenvalue weighted by atomic mass is 9.96. The maximum atomic E-state index is 14.2. The summed E-state index contributed by atoms with van der Waals surface area (Å²) in [5.74, 6) is -1.26. The molecule has 214 valence electrons. The number of fused-ring (bicyclic) bond motifs is 2. The van der Waals surface area contributed by atoms with E-state index in [2.05, 4.69) is 20.4 Å². The second kappa shape index (κ2) is 10.6. The quantitative estimate of drug-likeness (QED) is 0.303. The number of halogens is 3. The van der Waals surface area contributed by atoms with Gasteiger partial charge in [-0.3, -0.25) is 9.59 Å². The summed E-state index contributed by atoms with van der Waals surface area (Å²) in [7, 11) is 0. The van der Waals surface area contributed by atoms with Crippen molar-refractivity contribution in [3.05, 3.63) is 123 Å². The SMILES string of the molecule is Cc1ccc(Cc2n[nH]c(=O)c3ccccc23)cc1C(=O)N1CC(C)n2c(nnc2C(F)(F)F)C1Cc1ccccc1. The second-order valence-electron chi connectivity index (χ2n) is 10.6. The molecule has 1 amide bonds. The summed E-state index contributed by atoms with van der Waals surface area (Å²) in [4.78, 5) is 28.1. The number of nitrogens with one attached hydrogen (secondary N) is 1. The highest BCUT2D eigenvalue weighted by Gasteiger charge is 2.45. The van der Waals surface area contributed by atoms with Crippen LogP contribution in [0.3, 0.4) is 0 Å². The zero-order valence-electron chi connectivity index (χ0n) is 22.9. The lowest BCUT2D eigenvalue weighted by molar-refractivity contribution is -0.148. The Morgan fingerprint density at radius 3 is 2.43 bits per heavy atom. The molecule has 42 heavy (non-hydrogen) atoms. The van der Waals surface area contributed by atoms with Gasteiger partial charge in [0.15, 0.2) is 5.82 Å². The van der Waals surface area contributed by atoms with E-state index >= 15 is 0 Å². The summed E-state index contributed by atoms with van der Waals surface area (Å²) in [6.07, 6.45) is -4.03. The number of H-pyrrole nitrogens is 1. The molecule has 0 fully saturated rings. The van der Waals surface area contributed by atoms with Crippen molar-refractivity contribution >= 4 is 16.7 Å². The van der Waals surface area contributed by atoms with E-state index in [9.17, 15) is 22.8 Å². The van der Waals surface area contributed by atoms with Gasteiger partial charge in [-0.25, -0.2) is 5.10 Å². The molecule has 0 saturated carbocycles. The molecule has 0 spiro atoms. The highest BCUT2D eigenvalue weighted by molar-refractivity contribution is 5.96. The van der Waals surface area contributed by atoms with Crippen LogP contribution < -0.4 is 5.56 Å². The highest BCUT2D eigenvalue weighted by atomic mass is 19.4. The Bertz CT molecular complexity index is 1850. The number of alkyl halides is 3. The Kier molecular flexibility index (Phi) is 6.88. The first-order chi connectivity index (χ1) is 20.1. The normalized spacial score (nSPS) is 16.9. The molecule has 11 heteroatoms. The van der Waals surface area contributed by atoms with Crippen LogP contribution in [0.4, 0.5) is 13.2 Å². The number of hydrogen-bond acceptors (Lipinski definition) is 5. The molecule has 3 aromatic carbocycles. The number of amides is 1. The Balaban J connectivity index is 1.38. The van der Waals surface area contributed by atoms with Crippen LogP contribution in [-0.2, 0) is 19.0 Å². The van der Waals surface area contributed by atoms with E-state index in [0.29, 0.717) is 23.1 Å². The van der Waals surface area contributed by atoms with Crippen molar-refractivity contribution in [1.82, 2.24) is 29.9 Å². The highest BCUT2D eigenvalue weighted by Crippen LogP contribution is 2.38. The number of benzene rings is 3. The Morgan fingerprint density at radius 1 is 0.976 bits per heavy atom. The largest absolute Gasteiger partial charge is 0.451 e. The van der Waals surface area contributed by atoms with Gasteiger partial charge in [0.1, 0.15) is 0 Å². The Morgan fingerprint density at radius 2 is 1.69 bits per heavy atom. The average Bonchev–Trinajstić information content (AvgIpc) is 3.44. The predicted octanol–water partition coefficient (Wildman–Crippen LogP) is 5.43. The number of aryl methyl sites for hydroxylation is 1. The van der Waals surface area contributed by atoms with Crippen LogP contribution in [-0.4, -0.2) is 42.3 Å². The zero-order chi connectivity index (χ0) is 29.6. The average molecular weight is 573 g/mol. The van der Waals surface area contributed by atoms with Crippen molar-refractivity contribution in [2.24, 2.45) is 0 Å². The van der Waals surface area contributed by atoms with Crippen molar-refractivity contribution in [2.45, 2.75) is 44.9 Å². The first kappa shape index (κ1) is 27.4. The van der Waals surface area contributed by atoms with Crippen LogP contribution in [0, 0.1) is 6.92 Å². The fourth-order valence-corrected chi connectivity index (χ4v) is 5.72. The minimum atomic E-state index is -4.67. The molecule has 1 aliphatic rings. The molecule has 3 heterocycles. The topological polar surface area (TPSA) is 96.8 Å². The standard InChI is InChI=1S/C31H27F3N6O2/c1-18-12-13-21(15-25-22-10-6-7-11-23(22)28(41)37-35-25)14-24(18)29(42)39-17-19(2)40-27(36-38-30(40)31(32,33)34)26(39)16-20-8-4-3-5-9-20/h3-14,19,26H,15-17H2,1-2H3,(H,37,41). The van der Waals surface area contributed by atoms with Gasteiger partial charge in [0.25, 0.3) is 11.5 Å². The van der Waals surface area contributed by atoms with E-state index in [0.717, 1.165) is 26.6 Å². The van der Waals surface area contributed by atoms with Crippen LogP contribution in [0.5, 0.6) is 0 Å². The number of carbonyl (C=O) groups is 1. The van der Waals surface area contributed by atoms with Crippen LogP contribution in [0.1, 0.15) is 63.4 Å².